The molecule has 27 heavy (non-hydrogen) atoms. The van der Waals surface area contributed by atoms with Gasteiger partial charge in [-0.2, -0.15) is 0 Å². The van der Waals surface area contributed by atoms with Crippen molar-refractivity contribution < 1.29 is 24.2 Å². The largest absolute Gasteiger partial charge is 0.481 e. The molecule has 0 aliphatic rings. The SMILES string of the molecule is CC(C)CC(C(=O)O)C(OCc1ccccc1)C(=O)OCc1ccccc1. The Bertz CT molecular complexity index is 712. The molecule has 2 atom stereocenters. The molecular weight excluding hydrogens is 344 g/mol. The molecule has 1 N–H and O–H groups in total. The van der Waals surface area contributed by atoms with Crippen molar-refractivity contribution in [2.45, 2.75) is 39.6 Å². The summed E-state index contributed by atoms with van der Waals surface area (Å²) >= 11 is 0. The van der Waals surface area contributed by atoms with E-state index in [4.69, 9.17) is 9.47 Å². The number of ether oxygens (including phenoxy) is 2. The van der Waals surface area contributed by atoms with Crippen molar-refractivity contribution in [2.24, 2.45) is 11.8 Å². The maximum Gasteiger partial charge on any atom is 0.336 e. The van der Waals surface area contributed by atoms with Gasteiger partial charge in [-0.25, -0.2) is 4.79 Å². The van der Waals surface area contributed by atoms with E-state index in [1.807, 2.05) is 74.5 Å². The number of benzene rings is 2. The normalized spacial score (nSPS) is 13.1. The predicted octanol–water partition coefficient (Wildman–Crippen LogP) is 4.06. The molecule has 0 aliphatic carbocycles. The Morgan fingerprint density at radius 2 is 1.41 bits per heavy atom. The first kappa shape index (κ1) is 20.6. The number of carboxylic acids is 1. The first-order valence-electron chi connectivity index (χ1n) is 9.06. The minimum absolute atomic E-state index is 0.0822. The number of hydrogen-bond acceptors (Lipinski definition) is 4. The van der Waals surface area contributed by atoms with Crippen molar-refractivity contribution in [2.75, 3.05) is 0 Å². The summed E-state index contributed by atoms with van der Waals surface area (Å²) in [6.07, 6.45) is -0.830. The average molecular weight is 370 g/mol. The predicted molar refractivity (Wildman–Crippen MR) is 102 cm³/mol. The summed E-state index contributed by atoms with van der Waals surface area (Å²) in [5, 5.41) is 9.64. The molecule has 0 saturated heterocycles. The first-order chi connectivity index (χ1) is 13.0. The van der Waals surface area contributed by atoms with Crippen molar-refractivity contribution in [1.29, 1.82) is 0 Å². The third-order valence-electron chi connectivity index (χ3n) is 4.14. The monoisotopic (exact) mass is 370 g/mol. The van der Waals surface area contributed by atoms with Crippen molar-refractivity contribution in [3.8, 4) is 0 Å². The third-order valence-corrected chi connectivity index (χ3v) is 4.14. The van der Waals surface area contributed by atoms with Crippen LogP contribution in [0.25, 0.3) is 0 Å². The van der Waals surface area contributed by atoms with Crippen molar-refractivity contribution in [3.05, 3.63) is 71.8 Å². The van der Waals surface area contributed by atoms with Crippen molar-refractivity contribution in [3.63, 3.8) is 0 Å². The lowest BCUT2D eigenvalue weighted by atomic mass is 9.92. The Hall–Kier alpha value is -2.66. The minimum atomic E-state index is -1.16. The molecule has 0 aromatic heterocycles. The molecule has 2 unspecified atom stereocenters. The highest BCUT2D eigenvalue weighted by Gasteiger charge is 2.36. The number of aliphatic carboxylic acids is 1. The van der Waals surface area contributed by atoms with E-state index in [0.29, 0.717) is 6.42 Å². The maximum absolute atomic E-state index is 12.7. The zero-order valence-corrected chi connectivity index (χ0v) is 15.7. The topological polar surface area (TPSA) is 72.8 Å². The van der Waals surface area contributed by atoms with E-state index in [2.05, 4.69) is 0 Å². The second-order valence-electron chi connectivity index (χ2n) is 6.88. The third kappa shape index (κ3) is 6.87. The van der Waals surface area contributed by atoms with E-state index in [-0.39, 0.29) is 19.1 Å². The van der Waals surface area contributed by atoms with Crippen LogP contribution in [0.15, 0.2) is 60.7 Å². The first-order valence-corrected chi connectivity index (χ1v) is 9.06. The van der Waals surface area contributed by atoms with E-state index >= 15 is 0 Å². The van der Waals surface area contributed by atoms with Crippen LogP contribution in [0.4, 0.5) is 0 Å². The molecule has 2 aromatic carbocycles. The standard InChI is InChI=1S/C22H26O5/c1-16(2)13-19(21(23)24)20(26-14-17-9-5-3-6-10-17)22(25)27-15-18-11-7-4-8-12-18/h3-12,16,19-20H,13-15H2,1-2H3,(H,23,24). The molecule has 2 rings (SSSR count). The fourth-order valence-electron chi connectivity index (χ4n) is 2.78. The van der Waals surface area contributed by atoms with Crippen molar-refractivity contribution >= 4 is 11.9 Å². The highest BCUT2D eigenvalue weighted by atomic mass is 16.6. The minimum Gasteiger partial charge on any atom is -0.481 e. The summed E-state index contributed by atoms with van der Waals surface area (Å²) in [5.41, 5.74) is 1.70. The zero-order chi connectivity index (χ0) is 19.6. The van der Waals surface area contributed by atoms with E-state index in [9.17, 15) is 14.7 Å². The molecule has 144 valence electrons. The van der Waals surface area contributed by atoms with E-state index < -0.39 is 24.0 Å². The lowest BCUT2D eigenvalue weighted by molar-refractivity contribution is -0.171. The second kappa shape index (κ2) is 10.5. The van der Waals surface area contributed by atoms with E-state index in [1.54, 1.807) is 0 Å². The molecule has 5 nitrogen and oxygen atoms in total. The summed E-state index contributed by atoms with van der Waals surface area (Å²) in [4.78, 5) is 24.4. The Balaban J connectivity index is 2.10. The lowest BCUT2D eigenvalue weighted by Gasteiger charge is -2.24. The molecule has 5 heteroatoms. The number of carboxylic acid groups (broad SMARTS) is 1. The van der Waals surface area contributed by atoms with Gasteiger partial charge in [0.25, 0.3) is 0 Å². The highest BCUT2D eigenvalue weighted by molar-refractivity contribution is 5.83. The van der Waals surface area contributed by atoms with Gasteiger partial charge in [0.15, 0.2) is 6.10 Å². The molecule has 0 heterocycles. The van der Waals surface area contributed by atoms with Gasteiger partial charge in [0.1, 0.15) is 6.61 Å². The van der Waals surface area contributed by atoms with E-state index in [0.717, 1.165) is 11.1 Å². The van der Waals surface area contributed by atoms with Crippen LogP contribution in [0, 0.1) is 11.8 Å². The van der Waals surface area contributed by atoms with Crippen LogP contribution >= 0.6 is 0 Å². The Morgan fingerprint density at radius 3 is 1.89 bits per heavy atom. The fraction of sp³-hybridized carbons (Fsp3) is 0.364. The summed E-state index contributed by atoms with van der Waals surface area (Å²) in [5.74, 6) is -2.56. The quantitative estimate of drug-likeness (QED) is 0.639. The van der Waals surface area contributed by atoms with E-state index in [1.165, 1.54) is 0 Å². The average Bonchev–Trinajstić information content (AvgIpc) is 2.66. The summed E-state index contributed by atoms with van der Waals surface area (Å²) in [6.45, 7) is 4.06. The van der Waals surface area contributed by atoms with Gasteiger partial charge in [0.2, 0.25) is 0 Å². The van der Waals surface area contributed by atoms with Gasteiger partial charge in [-0.3, -0.25) is 4.79 Å². The molecule has 0 saturated carbocycles. The molecule has 0 amide bonds. The summed E-state index contributed by atoms with van der Waals surface area (Å²) < 4.78 is 11.1. The molecule has 0 bridgehead atoms. The molecule has 0 radical (unpaired) electrons. The Labute approximate surface area is 159 Å². The number of rotatable bonds is 10. The van der Waals surface area contributed by atoms with Gasteiger partial charge in [0.05, 0.1) is 12.5 Å². The van der Waals surface area contributed by atoms with Crippen LogP contribution in [0.5, 0.6) is 0 Å². The number of esters is 1. The summed E-state index contributed by atoms with van der Waals surface area (Å²) in [7, 11) is 0. The van der Waals surface area contributed by atoms with Gasteiger partial charge in [-0.15, -0.1) is 0 Å². The Kier molecular flexibility index (Phi) is 8.01. The van der Waals surface area contributed by atoms with Crippen molar-refractivity contribution in [1.82, 2.24) is 0 Å². The van der Waals surface area contributed by atoms with Crippen LogP contribution < -0.4 is 0 Å². The van der Waals surface area contributed by atoms with Crippen LogP contribution in [0.2, 0.25) is 0 Å². The zero-order valence-electron chi connectivity index (χ0n) is 15.7. The van der Waals surface area contributed by atoms with Gasteiger partial charge in [0, 0.05) is 0 Å². The summed E-state index contributed by atoms with van der Waals surface area (Å²) in [6, 6.07) is 18.6. The smallest absolute Gasteiger partial charge is 0.336 e. The molecule has 0 aliphatic heterocycles. The second-order valence-corrected chi connectivity index (χ2v) is 6.88. The number of hydrogen-bond donors (Lipinski definition) is 1. The van der Waals surface area contributed by atoms with Crippen LogP contribution in [-0.4, -0.2) is 23.1 Å². The van der Waals surface area contributed by atoms with Gasteiger partial charge in [-0.05, 0) is 23.5 Å². The lowest BCUT2D eigenvalue weighted by Crippen LogP contribution is -2.39. The van der Waals surface area contributed by atoms with Crippen LogP contribution in [0.3, 0.4) is 0 Å². The Morgan fingerprint density at radius 1 is 0.889 bits per heavy atom. The number of carbonyl (C=O) groups is 2. The maximum atomic E-state index is 12.7. The molecule has 0 spiro atoms. The van der Waals surface area contributed by atoms with Crippen LogP contribution in [-0.2, 0) is 32.3 Å². The highest BCUT2D eigenvalue weighted by Crippen LogP contribution is 2.22. The van der Waals surface area contributed by atoms with Gasteiger partial charge in [-0.1, -0.05) is 74.5 Å². The molecule has 2 aromatic rings. The fourth-order valence-corrected chi connectivity index (χ4v) is 2.78. The molecular formula is C22H26O5. The van der Waals surface area contributed by atoms with Gasteiger partial charge < -0.3 is 14.6 Å². The number of carbonyl (C=O) groups excluding carboxylic acids is 1. The van der Waals surface area contributed by atoms with Gasteiger partial charge >= 0.3 is 11.9 Å². The molecule has 0 fully saturated rings. The van der Waals surface area contributed by atoms with Crippen LogP contribution in [0.1, 0.15) is 31.4 Å².